The molecule has 0 radical (unpaired) electrons. The third-order valence-electron chi connectivity index (χ3n) is 9.49. The zero-order chi connectivity index (χ0) is 39.9. The zero-order valence-electron chi connectivity index (χ0n) is 33.2. The Morgan fingerprint density at radius 3 is 0.696 bits per heavy atom. The summed E-state index contributed by atoms with van der Waals surface area (Å²) >= 11 is 12.2. The van der Waals surface area contributed by atoms with Crippen LogP contribution in [0.15, 0.2) is 194 Å². The van der Waals surface area contributed by atoms with E-state index >= 15 is 0 Å². The molecule has 0 N–H and O–H groups in total. The van der Waals surface area contributed by atoms with Crippen LogP contribution in [0.2, 0.25) is 10.0 Å². The number of hydrogen-bond acceptors (Lipinski definition) is 0. The molecule has 0 bridgehead atoms. The molecule has 2 heteroatoms. The van der Waals surface area contributed by atoms with Gasteiger partial charge in [-0.25, -0.2) is 0 Å². The van der Waals surface area contributed by atoms with Gasteiger partial charge in [0.15, 0.2) is 0 Å². The molecule has 8 rings (SSSR count). The summed E-state index contributed by atoms with van der Waals surface area (Å²) in [7, 11) is 0. The number of aryl methyl sites for hydroxylation is 6. The largest absolute Gasteiger partial charge is 0.0837 e. The highest BCUT2D eigenvalue weighted by Crippen LogP contribution is 2.29. The molecule has 8 aromatic rings. The maximum Gasteiger partial charge on any atom is 0.0484 e. The van der Waals surface area contributed by atoms with Crippen molar-refractivity contribution in [2.75, 3.05) is 0 Å². The Bertz CT molecular complexity index is 2060. The molecule has 0 fully saturated rings. The van der Waals surface area contributed by atoms with Gasteiger partial charge in [0.05, 0.1) is 0 Å². The van der Waals surface area contributed by atoms with Crippen molar-refractivity contribution in [3.8, 4) is 44.5 Å². The summed E-state index contributed by atoms with van der Waals surface area (Å²) < 4.78 is 0. The summed E-state index contributed by atoms with van der Waals surface area (Å²) in [5, 5.41) is 1.60. The maximum absolute atomic E-state index is 6.10. The van der Waals surface area contributed by atoms with Gasteiger partial charge in [-0.3, -0.25) is 0 Å². The molecule has 0 unspecified atom stereocenters. The number of rotatable bonds is 4. The van der Waals surface area contributed by atoms with Crippen LogP contribution < -0.4 is 0 Å². The van der Waals surface area contributed by atoms with Gasteiger partial charge in [-0.05, 0) is 98.2 Å². The van der Waals surface area contributed by atoms with Crippen molar-refractivity contribution >= 4 is 23.2 Å². The van der Waals surface area contributed by atoms with Gasteiger partial charge in [-0.1, -0.05) is 227 Å². The monoisotopic (exact) mass is 768 g/mol. The summed E-state index contributed by atoms with van der Waals surface area (Å²) in [6.45, 7) is 12.7. The van der Waals surface area contributed by atoms with Gasteiger partial charge in [0, 0.05) is 21.2 Å². The molecular formula is C54H50Cl2. The molecule has 0 atom stereocenters. The van der Waals surface area contributed by atoms with Gasteiger partial charge in [-0.15, -0.1) is 0 Å². The van der Waals surface area contributed by atoms with Crippen LogP contribution in [0.1, 0.15) is 33.4 Å². The predicted octanol–water partition coefficient (Wildman–Crippen LogP) is 16.6. The third-order valence-corrected chi connectivity index (χ3v) is 10.1. The standard InChI is InChI=1S/2C14H14.2C13H11Cl/c2*1-11-7-9-13(10-8-11)14-6-4-3-5-12(14)2;2*1-10-6-8-11(9-7-10)12-4-2-3-5-13(12)14/h2*3-10H,1-2H3;2*2-9H,1H3. The normalized spacial score (nSPS) is 10.1. The lowest BCUT2D eigenvalue weighted by molar-refractivity contribution is 1.43. The van der Waals surface area contributed by atoms with Crippen molar-refractivity contribution < 1.29 is 0 Å². The first kappa shape index (κ1) is 41.5. The van der Waals surface area contributed by atoms with Crippen molar-refractivity contribution in [2.45, 2.75) is 41.5 Å². The Labute approximate surface area is 345 Å². The van der Waals surface area contributed by atoms with E-state index in [0.29, 0.717) is 0 Å². The number of halogens is 2. The Morgan fingerprint density at radius 2 is 0.446 bits per heavy atom. The van der Waals surface area contributed by atoms with E-state index in [9.17, 15) is 0 Å². The van der Waals surface area contributed by atoms with Crippen molar-refractivity contribution in [1.29, 1.82) is 0 Å². The molecule has 56 heavy (non-hydrogen) atoms. The highest BCUT2D eigenvalue weighted by atomic mass is 35.5. The van der Waals surface area contributed by atoms with E-state index in [2.05, 4.69) is 187 Å². The second kappa shape index (κ2) is 20.9. The molecule has 280 valence electrons. The summed E-state index contributed by atoms with van der Waals surface area (Å²) in [6.07, 6.45) is 0. The first-order valence-corrected chi connectivity index (χ1v) is 19.7. The fourth-order valence-corrected chi connectivity index (χ4v) is 6.61. The van der Waals surface area contributed by atoms with Crippen LogP contribution in [0, 0.1) is 41.5 Å². The molecule has 0 amide bonds. The molecule has 0 aromatic heterocycles. The van der Waals surface area contributed by atoms with Gasteiger partial charge < -0.3 is 0 Å². The second-order valence-electron chi connectivity index (χ2n) is 14.1. The van der Waals surface area contributed by atoms with Crippen LogP contribution in [0.25, 0.3) is 44.5 Å². The van der Waals surface area contributed by atoms with Crippen LogP contribution in [0.5, 0.6) is 0 Å². The fourth-order valence-electron chi connectivity index (χ4n) is 6.12. The summed E-state index contributed by atoms with van der Waals surface area (Å²) in [5.74, 6) is 0. The van der Waals surface area contributed by atoms with Gasteiger partial charge >= 0.3 is 0 Å². The Balaban J connectivity index is 0.000000143. The zero-order valence-corrected chi connectivity index (χ0v) is 34.7. The minimum Gasteiger partial charge on any atom is -0.0837 e. The van der Waals surface area contributed by atoms with Crippen LogP contribution >= 0.6 is 23.2 Å². The molecule has 0 aliphatic rings. The van der Waals surface area contributed by atoms with Crippen LogP contribution in [0.3, 0.4) is 0 Å². The molecule has 0 spiro atoms. The lowest BCUT2D eigenvalue weighted by atomic mass is 10.00. The molecular weight excluding hydrogens is 719 g/mol. The lowest BCUT2D eigenvalue weighted by Gasteiger charge is -2.05. The van der Waals surface area contributed by atoms with E-state index in [4.69, 9.17) is 23.2 Å². The number of hydrogen-bond donors (Lipinski definition) is 0. The third kappa shape index (κ3) is 12.2. The first-order valence-electron chi connectivity index (χ1n) is 19.0. The fraction of sp³-hybridized carbons (Fsp3) is 0.111. The topological polar surface area (TPSA) is 0 Å². The molecule has 0 heterocycles. The van der Waals surface area contributed by atoms with E-state index in [0.717, 1.165) is 21.2 Å². The van der Waals surface area contributed by atoms with Crippen LogP contribution in [0.4, 0.5) is 0 Å². The molecule has 8 aromatic carbocycles. The van der Waals surface area contributed by atoms with E-state index in [1.807, 2.05) is 48.5 Å². The maximum atomic E-state index is 6.10. The highest BCUT2D eigenvalue weighted by molar-refractivity contribution is 6.33. The quantitative estimate of drug-likeness (QED) is 0.167. The molecule has 0 aliphatic heterocycles. The SMILES string of the molecule is Cc1ccc(-c2ccccc2C)cc1.Cc1ccc(-c2ccccc2C)cc1.Cc1ccc(-c2ccccc2Cl)cc1.Cc1ccc(-c2ccccc2Cl)cc1. The molecule has 0 nitrogen and oxygen atoms in total. The van der Waals surface area contributed by atoms with E-state index in [-0.39, 0.29) is 0 Å². The van der Waals surface area contributed by atoms with E-state index in [1.54, 1.807) is 0 Å². The Morgan fingerprint density at radius 1 is 0.232 bits per heavy atom. The van der Waals surface area contributed by atoms with E-state index < -0.39 is 0 Å². The van der Waals surface area contributed by atoms with Crippen LogP contribution in [-0.2, 0) is 0 Å². The molecule has 0 aliphatic carbocycles. The highest BCUT2D eigenvalue weighted by Gasteiger charge is 2.03. The minimum absolute atomic E-state index is 0.802. The van der Waals surface area contributed by atoms with Crippen molar-refractivity contribution in [2.24, 2.45) is 0 Å². The average Bonchev–Trinajstić information content (AvgIpc) is 3.21. The molecule has 0 saturated heterocycles. The van der Waals surface area contributed by atoms with Crippen molar-refractivity contribution in [3.63, 3.8) is 0 Å². The van der Waals surface area contributed by atoms with Gasteiger partial charge in [0.2, 0.25) is 0 Å². The summed E-state index contributed by atoms with van der Waals surface area (Å²) in [6, 6.07) is 66.8. The Kier molecular flexibility index (Phi) is 15.5. The van der Waals surface area contributed by atoms with E-state index in [1.165, 1.54) is 66.8 Å². The smallest absolute Gasteiger partial charge is 0.0484 e. The second-order valence-corrected chi connectivity index (χ2v) is 14.9. The van der Waals surface area contributed by atoms with Crippen LogP contribution in [-0.4, -0.2) is 0 Å². The molecule has 0 saturated carbocycles. The summed E-state index contributed by atoms with van der Waals surface area (Å²) in [4.78, 5) is 0. The van der Waals surface area contributed by atoms with Crippen molar-refractivity contribution in [3.05, 3.63) is 238 Å². The Hall–Kier alpha value is -5.66. The minimum atomic E-state index is 0.802. The first-order chi connectivity index (χ1) is 27.1. The predicted molar refractivity (Wildman–Crippen MR) is 246 cm³/mol. The van der Waals surface area contributed by atoms with Gasteiger partial charge in [-0.2, -0.15) is 0 Å². The van der Waals surface area contributed by atoms with Gasteiger partial charge in [0.1, 0.15) is 0 Å². The van der Waals surface area contributed by atoms with Gasteiger partial charge in [0.25, 0.3) is 0 Å². The van der Waals surface area contributed by atoms with Crippen molar-refractivity contribution in [1.82, 2.24) is 0 Å². The average molecular weight is 770 g/mol. The number of benzene rings is 8. The lowest BCUT2D eigenvalue weighted by Crippen LogP contribution is -1.82. The summed E-state index contributed by atoms with van der Waals surface area (Å²) in [5.41, 5.74) is 17.6.